The molecule has 27 heavy (non-hydrogen) atoms. The number of aromatic nitrogens is 4. The maximum absolute atomic E-state index is 12.4. The number of nitrogens with zero attached hydrogens (tertiary/aromatic N) is 5. The minimum Gasteiger partial charge on any atom is -0.342 e. The molecule has 4 rings (SSSR count). The van der Waals surface area contributed by atoms with E-state index in [2.05, 4.69) is 29.1 Å². The predicted octanol–water partition coefficient (Wildman–Crippen LogP) is 3.00. The molecule has 1 amide bonds. The average molecular weight is 373 g/mol. The Labute approximate surface area is 158 Å². The molecule has 0 N–H and O–H groups in total. The number of piperidine rings is 1. The maximum atomic E-state index is 12.4. The lowest BCUT2D eigenvalue weighted by molar-refractivity contribution is -0.132. The molecule has 0 radical (unpaired) electrons. The molecule has 1 atom stereocenters. The summed E-state index contributed by atoms with van der Waals surface area (Å²) in [4.78, 5) is 23.1. The largest absolute Gasteiger partial charge is 0.342 e. The van der Waals surface area contributed by atoms with Crippen LogP contribution in [0, 0.1) is 12.3 Å². The van der Waals surface area contributed by atoms with Gasteiger partial charge in [-0.15, -0.1) is 0 Å². The fraction of sp³-hybridized carbons (Fsp3) is 0.737. The van der Waals surface area contributed by atoms with E-state index >= 15 is 0 Å². The van der Waals surface area contributed by atoms with Crippen LogP contribution in [0.2, 0.25) is 0 Å². The number of likely N-dealkylation sites (tertiary alicyclic amines) is 1. The Morgan fingerprint density at radius 2 is 1.89 bits per heavy atom. The van der Waals surface area contributed by atoms with Crippen molar-refractivity contribution >= 4 is 5.91 Å². The summed E-state index contributed by atoms with van der Waals surface area (Å²) in [6, 6.07) is 0. The monoisotopic (exact) mass is 373 g/mol. The Morgan fingerprint density at radius 1 is 1.11 bits per heavy atom. The third-order valence-electron chi connectivity index (χ3n) is 5.86. The van der Waals surface area contributed by atoms with Crippen molar-refractivity contribution in [3.8, 4) is 0 Å². The van der Waals surface area contributed by atoms with Crippen molar-refractivity contribution in [1.82, 2.24) is 25.2 Å². The van der Waals surface area contributed by atoms with Crippen LogP contribution in [0.25, 0.3) is 0 Å². The van der Waals surface area contributed by atoms with E-state index < -0.39 is 0 Å². The summed E-state index contributed by atoms with van der Waals surface area (Å²) < 4.78 is 10.6. The van der Waals surface area contributed by atoms with Gasteiger partial charge in [-0.2, -0.15) is 9.97 Å². The smallest absolute Gasteiger partial charge is 0.236 e. The molecule has 146 valence electrons. The molecule has 2 fully saturated rings. The zero-order chi connectivity index (χ0) is 19.0. The number of carbonyl (C=O) groups is 1. The van der Waals surface area contributed by atoms with Gasteiger partial charge < -0.3 is 13.9 Å². The van der Waals surface area contributed by atoms with Gasteiger partial charge in [0.2, 0.25) is 17.7 Å². The highest BCUT2D eigenvalue weighted by atomic mass is 16.5. The van der Waals surface area contributed by atoms with Crippen molar-refractivity contribution in [3.63, 3.8) is 0 Å². The van der Waals surface area contributed by atoms with Crippen molar-refractivity contribution in [2.75, 3.05) is 13.1 Å². The highest BCUT2D eigenvalue weighted by Crippen LogP contribution is 2.45. The van der Waals surface area contributed by atoms with Crippen molar-refractivity contribution in [2.24, 2.45) is 5.41 Å². The second-order valence-electron chi connectivity index (χ2n) is 8.66. The molecule has 8 nitrogen and oxygen atoms in total. The van der Waals surface area contributed by atoms with E-state index in [0.29, 0.717) is 36.1 Å². The number of aryl methyl sites for hydroxylation is 1. The third kappa shape index (κ3) is 4.04. The molecule has 1 saturated heterocycles. The lowest BCUT2D eigenvalue weighted by Crippen LogP contribution is -2.38. The minimum absolute atomic E-state index is 0.0245. The molecule has 0 aromatic carbocycles. The van der Waals surface area contributed by atoms with Crippen molar-refractivity contribution in [3.05, 3.63) is 23.4 Å². The van der Waals surface area contributed by atoms with E-state index in [1.165, 1.54) is 6.42 Å². The lowest BCUT2D eigenvalue weighted by Gasteiger charge is -2.30. The van der Waals surface area contributed by atoms with Gasteiger partial charge in [0.05, 0.1) is 0 Å². The molecule has 1 saturated carbocycles. The number of rotatable bonds is 4. The average Bonchev–Trinajstić information content (AvgIpc) is 3.35. The summed E-state index contributed by atoms with van der Waals surface area (Å²) in [6.45, 7) is 7.72. The molecular weight excluding hydrogens is 346 g/mol. The summed E-state index contributed by atoms with van der Waals surface area (Å²) in [5, 5.41) is 7.98. The molecule has 1 unspecified atom stereocenters. The van der Waals surface area contributed by atoms with Crippen LogP contribution in [0.1, 0.15) is 81.2 Å². The fourth-order valence-electron chi connectivity index (χ4n) is 4.26. The lowest BCUT2D eigenvalue weighted by atomic mass is 9.90. The van der Waals surface area contributed by atoms with Gasteiger partial charge in [0, 0.05) is 24.9 Å². The van der Waals surface area contributed by atoms with Crippen LogP contribution in [0.5, 0.6) is 0 Å². The van der Waals surface area contributed by atoms with Crippen LogP contribution in [-0.2, 0) is 11.2 Å². The number of amides is 1. The Morgan fingerprint density at radius 3 is 2.52 bits per heavy atom. The summed E-state index contributed by atoms with van der Waals surface area (Å²) in [5.74, 6) is 3.19. The normalized spacial score (nSPS) is 23.1. The number of carbonyl (C=O) groups excluding carboxylic acids is 1. The number of hydrogen-bond donors (Lipinski definition) is 0. The highest BCUT2D eigenvalue weighted by molar-refractivity contribution is 5.77. The van der Waals surface area contributed by atoms with E-state index in [9.17, 15) is 4.79 Å². The first kappa shape index (κ1) is 18.1. The van der Waals surface area contributed by atoms with Crippen LogP contribution < -0.4 is 0 Å². The quantitative estimate of drug-likeness (QED) is 0.812. The standard InChI is InChI=1S/C19H27N5O3/c1-12-20-15(26-22-12)10-16(25)24-8-5-13(6-9-24)18-21-17(23-27-18)14-4-7-19(2,3)11-14/h13-14H,4-11H2,1-3H3. The van der Waals surface area contributed by atoms with Crippen LogP contribution in [0.4, 0.5) is 0 Å². The van der Waals surface area contributed by atoms with Crippen LogP contribution in [0.3, 0.4) is 0 Å². The number of hydrogen-bond acceptors (Lipinski definition) is 7. The predicted molar refractivity (Wildman–Crippen MR) is 96.0 cm³/mol. The van der Waals surface area contributed by atoms with E-state index in [-0.39, 0.29) is 18.2 Å². The second-order valence-corrected chi connectivity index (χ2v) is 8.66. The van der Waals surface area contributed by atoms with Crippen molar-refractivity contribution < 1.29 is 13.8 Å². The molecule has 2 aliphatic rings. The Hall–Kier alpha value is -2.25. The SMILES string of the molecule is Cc1noc(CC(=O)N2CCC(c3nc(C4CCC(C)(C)C4)no3)CC2)n1. The van der Waals surface area contributed by atoms with E-state index in [0.717, 1.165) is 37.4 Å². The van der Waals surface area contributed by atoms with Gasteiger partial charge in [-0.1, -0.05) is 24.2 Å². The van der Waals surface area contributed by atoms with Crippen molar-refractivity contribution in [2.45, 2.75) is 71.1 Å². The van der Waals surface area contributed by atoms with Crippen molar-refractivity contribution in [1.29, 1.82) is 0 Å². The Balaban J connectivity index is 1.31. The van der Waals surface area contributed by atoms with E-state index in [1.807, 2.05) is 4.90 Å². The first-order chi connectivity index (χ1) is 12.9. The molecule has 2 aromatic heterocycles. The molecule has 1 aliphatic heterocycles. The Kier molecular flexibility index (Phi) is 4.74. The zero-order valence-electron chi connectivity index (χ0n) is 16.3. The van der Waals surface area contributed by atoms with E-state index in [1.54, 1.807) is 6.92 Å². The summed E-state index contributed by atoms with van der Waals surface area (Å²) >= 11 is 0. The first-order valence-electron chi connectivity index (χ1n) is 9.80. The molecule has 8 heteroatoms. The second kappa shape index (κ2) is 7.05. The molecule has 0 spiro atoms. The van der Waals surface area contributed by atoms with Gasteiger partial charge in [0.15, 0.2) is 11.6 Å². The van der Waals surface area contributed by atoms with Crippen LogP contribution in [0.15, 0.2) is 9.05 Å². The van der Waals surface area contributed by atoms with Gasteiger partial charge in [-0.25, -0.2) is 0 Å². The molecular formula is C19H27N5O3. The van der Waals surface area contributed by atoms with E-state index in [4.69, 9.17) is 14.0 Å². The van der Waals surface area contributed by atoms with Gasteiger partial charge in [0.1, 0.15) is 6.42 Å². The van der Waals surface area contributed by atoms with Gasteiger partial charge in [-0.3, -0.25) is 4.79 Å². The van der Waals surface area contributed by atoms with Crippen LogP contribution >= 0.6 is 0 Å². The topological polar surface area (TPSA) is 98.2 Å². The van der Waals surface area contributed by atoms with Gasteiger partial charge in [0.25, 0.3) is 0 Å². The summed E-state index contributed by atoms with van der Waals surface area (Å²) in [5.41, 5.74) is 0.369. The molecule has 0 bridgehead atoms. The summed E-state index contributed by atoms with van der Waals surface area (Å²) in [7, 11) is 0. The maximum Gasteiger partial charge on any atom is 0.236 e. The zero-order valence-corrected chi connectivity index (χ0v) is 16.3. The summed E-state index contributed by atoms with van der Waals surface area (Å²) in [6.07, 6.45) is 5.30. The Bertz CT molecular complexity index is 804. The molecule has 3 heterocycles. The van der Waals surface area contributed by atoms with Crippen LogP contribution in [-0.4, -0.2) is 44.2 Å². The fourth-order valence-corrected chi connectivity index (χ4v) is 4.26. The molecule has 2 aromatic rings. The minimum atomic E-state index is 0.0245. The highest BCUT2D eigenvalue weighted by Gasteiger charge is 2.35. The third-order valence-corrected chi connectivity index (χ3v) is 5.86. The molecule has 1 aliphatic carbocycles. The van der Waals surface area contributed by atoms with Gasteiger partial charge in [-0.05, 0) is 44.4 Å². The van der Waals surface area contributed by atoms with Gasteiger partial charge >= 0.3 is 0 Å². The first-order valence-corrected chi connectivity index (χ1v) is 9.80.